The largest absolute Gasteiger partial charge is 0.444 e. The Morgan fingerprint density at radius 3 is 2.35 bits per heavy atom. The van der Waals surface area contributed by atoms with Crippen molar-refractivity contribution in [2.45, 2.75) is 70.6 Å². The molecular formula is C21H28F3N3O4. The van der Waals surface area contributed by atoms with Crippen LogP contribution in [-0.2, 0) is 20.7 Å². The summed E-state index contributed by atoms with van der Waals surface area (Å²) in [6.45, 7) is 4.95. The summed E-state index contributed by atoms with van der Waals surface area (Å²) in [5, 5.41) is 5.26. The summed E-state index contributed by atoms with van der Waals surface area (Å²) in [6.07, 6.45) is 0.229. The van der Waals surface area contributed by atoms with E-state index in [2.05, 4.69) is 10.6 Å². The van der Waals surface area contributed by atoms with Crippen LogP contribution in [0.1, 0.15) is 52.0 Å². The lowest BCUT2D eigenvalue weighted by atomic mass is 10.0. The molecule has 1 saturated carbocycles. The first-order chi connectivity index (χ1) is 14.3. The standard InChI is InChI=1S/C21H28F3N3O4/c1-21(2,3)31-20(30)27-14(7-12-8-16(23)17(24)10-15(12)22)9-18(28)26-13-5-4-11(6-13)19(25)29/h8,10-11,13-14H,4-7,9H2,1-3H3,(H2,25,29)(H,26,28)(H,27,30)/t11-,13+,14+/m0/s1. The molecule has 4 N–H and O–H groups in total. The van der Waals surface area contributed by atoms with Gasteiger partial charge < -0.3 is 21.1 Å². The van der Waals surface area contributed by atoms with E-state index in [-0.39, 0.29) is 30.4 Å². The minimum atomic E-state index is -1.33. The molecule has 0 bridgehead atoms. The van der Waals surface area contributed by atoms with Gasteiger partial charge in [0.25, 0.3) is 0 Å². The van der Waals surface area contributed by atoms with E-state index in [1.807, 2.05) is 0 Å². The van der Waals surface area contributed by atoms with Crippen molar-refractivity contribution in [2.24, 2.45) is 11.7 Å². The van der Waals surface area contributed by atoms with E-state index in [0.29, 0.717) is 31.4 Å². The maximum Gasteiger partial charge on any atom is 0.407 e. The van der Waals surface area contributed by atoms with Crippen molar-refractivity contribution >= 4 is 17.9 Å². The molecule has 1 aliphatic carbocycles. The fourth-order valence-electron chi connectivity index (χ4n) is 3.52. The van der Waals surface area contributed by atoms with Gasteiger partial charge in [0, 0.05) is 30.5 Å². The molecule has 3 amide bonds. The maximum absolute atomic E-state index is 14.1. The van der Waals surface area contributed by atoms with E-state index in [1.54, 1.807) is 20.8 Å². The number of ether oxygens (including phenoxy) is 1. The number of hydrogen-bond donors (Lipinski definition) is 3. The topological polar surface area (TPSA) is 111 Å². The zero-order chi connectivity index (χ0) is 23.3. The van der Waals surface area contributed by atoms with E-state index in [0.717, 1.165) is 0 Å². The molecule has 0 unspecified atom stereocenters. The van der Waals surface area contributed by atoms with Gasteiger partial charge in [-0.15, -0.1) is 0 Å². The average molecular weight is 443 g/mol. The second-order valence-corrected chi connectivity index (χ2v) is 8.79. The van der Waals surface area contributed by atoms with E-state index >= 15 is 0 Å². The normalized spacial score (nSPS) is 19.5. The third-order valence-electron chi connectivity index (χ3n) is 4.91. The average Bonchev–Trinajstić information content (AvgIpc) is 3.06. The summed E-state index contributed by atoms with van der Waals surface area (Å²) in [5.74, 6) is -4.73. The van der Waals surface area contributed by atoms with Crippen molar-refractivity contribution in [3.8, 4) is 0 Å². The molecule has 7 nitrogen and oxygen atoms in total. The van der Waals surface area contributed by atoms with Gasteiger partial charge in [-0.3, -0.25) is 9.59 Å². The van der Waals surface area contributed by atoms with E-state index in [1.165, 1.54) is 0 Å². The highest BCUT2D eigenvalue weighted by molar-refractivity contribution is 5.79. The predicted molar refractivity (Wildman–Crippen MR) is 106 cm³/mol. The van der Waals surface area contributed by atoms with Crippen molar-refractivity contribution < 1.29 is 32.3 Å². The number of nitrogens with one attached hydrogen (secondary N) is 2. The highest BCUT2D eigenvalue weighted by Gasteiger charge is 2.30. The molecule has 172 valence electrons. The number of nitrogens with two attached hydrogens (primary N) is 1. The van der Waals surface area contributed by atoms with Crippen LogP contribution in [0.15, 0.2) is 12.1 Å². The van der Waals surface area contributed by atoms with Crippen molar-refractivity contribution in [1.82, 2.24) is 10.6 Å². The highest BCUT2D eigenvalue weighted by Crippen LogP contribution is 2.25. The van der Waals surface area contributed by atoms with E-state index < -0.39 is 47.0 Å². The Kier molecular flexibility index (Phi) is 7.91. The molecule has 1 aliphatic rings. The first kappa shape index (κ1) is 24.5. The zero-order valence-corrected chi connectivity index (χ0v) is 17.8. The Morgan fingerprint density at radius 1 is 1.13 bits per heavy atom. The van der Waals surface area contributed by atoms with Gasteiger partial charge in [0.05, 0.1) is 0 Å². The smallest absolute Gasteiger partial charge is 0.407 e. The van der Waals surface area contributed by atoms with Crippen molar-refractivity contribution in [2.75, 3.05) is 0 Å². The molecule has 0 saturated heterocycles. The Balaban J connectivity index is 2.08. The first-order valence-electron chi connectivity index (χ1n) is 10.1. The highest BCUT2D eigenvalue weighted by atomic mass is 19.2. The number of amides is 3. The summed E-state index contributed by atoms with van der Waals surface area (Å²) in [4.78, 5) is 36.0. The second-order valence-electron chi connectivity index (χ2n) is 8.79. The quantitative estimate of drug-likeness (QED) is 0.563. The van der Waals surface area contributed by atoms with Crippen LogP contribution in [0.3, 0.4) is 0 Å². The van der Waals surface area contributed by atoms with Gasteiger partial charge >= 0.3 is 6.09 Å². The Morgan fingerprint density at radius 2 is 1.77 bits per heavy atom. The third-order valence-corrected chi connectivity index (χ3v) is 4.91. The Hall–Kier alpha value is -2.78. The van der Waals surface area contributed by atoms with Gasteiger partial charge in [-0.25, -0.2) is 18.0 Å². The molecule has 2 rings (SSSR count). The lowest BCUT2D eigenvalue weighted by molar-refractivity contribution is -0.123. The van der Waals surface area contributed by atoms with Crippen molar-refractivity contribution in [1.29, 1.82) is 0 Å². The lowest BCUT2D eigenvalue weighted by Crippen LogP contribution is -2.44. The lowest BCUT2D eigenvalue weighted by Gasteiger charge is -2.24. The third kappa shape index (κ3) is 7.76. The van der Waals surface area contributed by atoms with Crippen LogP contribution < -0.4 is 16.4 Å². The molecule has 3 atom stereocenters. The van der Waals surface area contributed by atoms with E-state index in [4.69, 9.17) is 10.5 Å². The van der Waals surface area contributed by atoms with Crippen LogP contribution in [0, 0.1) is 23.4 Å². The number of halogens is 3. The fraction of sp³-hybridized carbons (Fsp3) is 0.571. The van der Waals surface area contributed by atoms with Crippen molar-refractivity contribution in [3.05, 3.63) is 35.1 Å². The number of rotatable bonds is 7. The summed E-state index contributed by atoms with van der Waals surface area (Å²) in [6, 6.07) is -0.0758. The molecule has 0 heterocycles. The first-order valence-corrected chi connectivity index (χ1v) is 10.1. The summed E-state index contributed by atoms with van der Waals surface area (Å²) >= 11 is 0. The van der Waals surface area contributed by atoms with Crippen LogP contribution >= 0.6 is 0 Å². The van der Waals surface area contributed by atoms with Gasteiger partial charge in [0.15, 0.2) is 11.6 Å². The number of benzene rings is 1. The zero-order valence-electron chi connectivity index (χ0n) is 17.8. The molecule has 0 aromatic heterocycles. The van der Waals surface area contributed by atoms with Crippen LogP contribution in [0.5, 0.6) is 0 Å². The van der Waals surface area contributed by atoms with Crippen LogP contribution in [0.4, 0.5) is 18.0 Å². The number of alkyl carbamates (subject to hydrolysis) is 1. The molecule has 10 heteroatoms. The summed E-state index contributed by atoms with van der Waals surface area (Å²) < 4.78 is 46.0. The second kappa shape index (κ2) is 10.0. The number of carbonyl (C=O) groups is 3. The molecule has 0 spiro atoms. The number of carbonyl (C=O) groups excluding carboxylic acids is 3. The maximum atomic E-state index is 14.1. The number of primary amides is 1. The van der Waals surface area contributed by atoms with Gasteiger partial charge in [-0.2, -0.15) is 0 Å². The molecule has 1 aromatic rings. The predicted octanol–water partition coefficient (Wildman–Crippen LogP) is 2.70. The van der Waals surface area contributed by atoms with Crippen LogP contribution in [-0.4, -0.2) is 35.6 Å². The Bertz CT molecular complexity index is 842. The van der Waals surface area contributed by atoms with Gasteiger partial charge in [-0.05, 0) is 58.1 Å². The molecule has 0 aliphatic heterocycles. The summed E-state index contributed by atoms with van der Waals surface area (Å²) in [7, 11) is 0. The SMILES string of the molecule is CC(C)(C)OC(=O)N[C@@H](CC(=O)N[C@@H]1CC[C@H](C(N)=O)C1)Cc1cc(F)c(F)cc1F. The van der Waals surface area contributed by atoms with Crippen LogP contribution in [0.25, 0.3) is 0 Å². The van der Waals surface area contributed by atoms with E-state index in [9.17, 15) is 27.6 Å². The summed E-state index contributed by atoms with van der Waals surface area (Å²) in [5.41, 5.74) is 4.29. The molecule has 31 heavy (non-hydrogen) atoms. The van der Waals surface area contributed by atoms with Gasteiger partial charge in [-0.1, -0.05) is 0 Å². The minimum absolute atomic E-state index is 0.192. The Labute approximate surface area is 178 Å². The number of hydrogen-bond acceptors (Lipinski definition) is 4. The molecular weight excluding hydrogens is 415 g/mol. The van der Waals surface area contributed by atoms with Gasteiger partial charge in [0.1, 0.15) is 11.4 Å². The molecule has 1 fully saturated rings. The monoisotopic (exact) mass is 443 g/mol. The minimum Gasteiger partial charge on any atom is -0.444 e. The molecule has 1 aromatic carbocycles. The molecule has 0 radical (unpaired) electrons. The van der Waals surface area contributed by atoms with Gasteiger partial charge in [0.2, 0.25) is 11.8 Å². The van der Waals surface area contributed by atoms with Crippen molar-refractivity contribution in [3.63, 3.8) is 0 Å². The van der Waals surface area contributed by atoms with Crippen LogP contribution in [0.2, 0.25) is 0 Å². The fourth-order valence-corrected chi connectivity index (χ4v) is 3.52.